The zero-order valence-electron chi connectivity index (χ0n) is 46.1. The van der Waals surface area contributed by atoms with Gasteiger partial charge in [0.1, 0.15) is 59.8 Å². The monoisotopic (exact) mass is 1140 g/mol. The van der Waals surface area contributed by atoms with E-state index in [2.05, 4.69) is 60.2 Å². The third kappa shape index (κ3) is 23.7. The maximum atomic E-state index is 14.2. The summed E-state index contributed by atoms with van der Waals surface area (Å²) in [5.74, 6) is -12.0. The van der Waals surface area contributed by atoms with Gasteiger partial charge in [-0.2, -0.15) is 12.6 Å². The van der Waals surface area contributed by atoms with Crippen molar-refractivity contribution < 1.29 is 68.4 Å². The fraction of sp³-hybridized carbons (Fsp3) is 0.558. The maximum Gasteiger partial charge on any atom is 0.326 e. The summed E-state index contributed by atoms with van der Waals surface area (Å²) in [6, 6.07) is -1.83. The van der Waals surface area contributed by atoms with Gasteiger partial charge < -0.3 is 85.9 Å². The summed E-state index contributed by atoms with van der Waals surface area (Å²) in [5, 5.41) is 60.1. The maximum absolute atomic E-state index is 14.2. The molecule has 0 aliphatic carbocycles. The Labute approximate surface area is 470 Å². The SMILES string of the molecule is CC[C@H](C)[C@H](NC(=O)[C@H](CC(N)=O)NC(=O)[C@@H](NC(=O)[C@H](Cc1ccc(O)cc1)NC(=O)[C@@H](N)C(C)C)[C@@H](C)O)C(=O)N[C@@H](CS)C(=O)N[C@@H](CCCN=C(N)N)C(=O)N[C@@H](Cc1ccc(O)cc1)C(=O)N[C@@H](CC(C)C)C(=O)O. The van der Waals surface area contributed by atoms with Crippen molar-refractivity contribution in [3.63, 3.8) is 0 Å². The van der Waals surface area contributed by atoms with Crippen LogP contribution in [0.3, 0.4) is 0 Å². The number of nitrogens with zero attached hydrogens (tertiary/aromatic N) is 1. The smallest absolute Gasteiger partial charge is 0.326 e. The Kier molecular flexibility index (Phi) is 28.8. The number of hydrogen-bond acceptors (Lipinski definition) is 16. The molecule has 20 N–H and O–H groups in total. The van der Waals surface area contributed by atoms with Crippen molar-refractivity contribution in [1.82, 2.24) is 42.5 Å². The van der Waals surface area contributed by atoms with E-state index in [1.54, 1.807) is 41.5 Å². The van der Waals surface area contributed by atoms with E-state index in [9.17, 15) is 68.4 Å². The molecule has 2 rings (SSSR count). The summed E-state index contributed by atoms with van der Waals surface area (Å²) in [4.78, 5) is 139. The van der Waals surface area contributed by atoms with Crippen molar-refractivity contribution in [2.45, 2.75) is 154 Å². The number of aromatic hydroxyl groups is 2. The second-order valence-electron chi connectivity index (χ2n) is 20.2. The molecular weight excluding hydrogens is 1060 g/mol. The van der Waals surface area contributed by atoms with Crippen LogP contribution < -0.4 is 65.5 Å². The fourth-order valence-electron chi connectivity index (χ4n) is 7.75. The van der Waals surface area contributed by atoms with Crippen LogP contribution in [0, 0.1) is 17.8 Å². The van der Waals surface area contributed by atoms with Gasteiger partial charge in [-0.25, -0.2) is 4.79 Å². The normalized spacial score (nSPS) is 15.3. The molecule has 28 heteroatoms. The highest BCUT2D eigenvalue weighted by molar-refractivity contribution is 7.80. The van der Waals surface area contributed by atoms with Crippen LogP contribution in [0.1, 0.15) is 91.7 Å². The van der Waals surface area contributed by atoms with Gasteiger partial charge in [-0.05, 0) is 79.3 Å². The second kappa shape index (κ2) is 33.7. The highest BCUT2D eigenvalue weighted by Crippen LogP contribution is 2.16. The zero-order chi connectivity index (χ0) is 60.6. The predicted octanol–water partition coefficient (Wildman–Crippen LogP) is -2.84. The molecule has 11 atom stereocenters. The van der Waals surface area contributed by atoms with Gasteiger partial charge >= 0.3 is 5.97 Å². The Balaban J connectivity index is 2.43. The van der Waals surface area contributed by atoms with Gasteiger partial charge in [0.25, 0.3) is 0 Å². The molecular formula is C52H81N13O14S. The van der Waals surface area contributed by atoms with E-state index in [1.807, 2.05) is 0 Å². The third-order valence-corrected chi connectivity index (χ3v) is 13.0. The average Bonchev–Trinajstić information content (AvgIpc) is 3.38. The van der Waals surface area contributed by atoms with Crippen LogP contribution in [0.25, 0.3) is 0 Å². The quantitative estimate of drug-likeness (QED) is 0.0145. The first-order valence-corrected chi connectivity index (χ1v) is 26.7. The van der Waals surface area contributed by atoms with Gasteiger partial charge in [-0.1, -0.05) is 72.2 Å². The summed E-state index contributed by atoms with van der Waals surface area (Å²) >= 11 is 4.27. The highest BCUT2D eigenvalue weighted by Gasteiger charge is 2.37. The average molecular weight is 1140 g/mol. The van der Waals surface area contributed by atoms with E-state index in [0.29, 0.717) is 11.1 Å². The first kappa shape index (κ1) is 68.4. The summed E-state index contributed by atoms with van der Waals surface area (Å²) in [7, 11) is 0. The summed E-state index contributed by atoms with van der Waals surface area (Å²) in [6.45, 7) is 11.3. The van der Waals surface area contributed by atoms with Crippen LogP contribution in [0.15, 0.2) is 53.5 Å². The first-order chi connectivity index (χ1) is 37.5. The molecule has 2 aromatic carbocycles. The van der Waals surface area contributed by atoms with Gasteiger partial charge in [-0.15, -0.1) is 0 Å². The van der Waals surface area contributed by atoms with E-state index in [1.165, 1.54) is 48.5 Å². The number of primary amides is 1. The molecule has 0 saturated heterocycles. The molecule has 27 nitrogen and oxygen atoms in total. The molecule has 0 fully saturated rings. The molecule has 0 saturated carbocycles. The van der Waals surface area contributed by atoms with Crippen molar-refractivity contribution in [1.29, 1.82) is 0 Å². The number of phenolic OH excluding ortho intramolecular Hbond substituents is 2. The Hall–Kier alpha value is -7.72. The lowest BCUT2D eigenvalue weighted by Crippen LogP contribution is -2.63. The molecule has 0 aliphatic heterocycles. The van der Waals surface area contributed by atoms with Gasteiger partial charge in [0.15, 0.2) is 5.96 Å². The van der Waals surface area contributed by atoms with Crippen LogP contribution in [0.5, 0.6) is 11.5 Å². The van der Waals surface area contributed by atoms with Crippen molar-refractivity contribution in [3.05, 3.63) is 59.7 Å². The largest absolute Gasteiger partial charge is 0.508 e. The summed E-state index contributed by atoms with van der Waals surface area (Å²) in [5.41, 5.74) is 23.4. The van der Waals surface area contributed by atoms with Crippen LogP contribution >= 0.6 is 12.6 Å². The zero-order valence-corrected chi connectivity index (χ0v) is 47.0. The standard InChI is InChI=1S/C52H81N13O14S/c1-8-27(6)41(64-46(73)36(23-39(53)69)61-50(77)42(28(7)66)65-45(72)35(60-48(75)40(54)26(4)5)22-30-13-17-32(68)18-14-30)49(76)63-38(24-80)47(74)58-33(10-9-19-57-52(55)56)43(70)59-34(21-29-11-15-31(67)16-12-29)44(71)62-37(51(78)79)20-25(2)3/h11-18,25-28,33-38,40-42,66-68,80H,8-10,19-24,54H2,1-7H3,(H2,53,69)(H,58,74)(H,59,70)(H,60,75)(H,61,77)(H,62,71)(H,63,76)(H,64,73)(H,65,72)(H,78,79)(H4,55,56,57)/t27-,28+,33-,34-,35-,36-,37-,38-,40-,41-,42-/m0/s1. The number of aliphatic hydroxyl groups excluding tert-OH is 1. The predicted molar refractivity (Wildman–Crippen MR) is 298 cm³/mol. The number of aliphatic carboxylic acids is 1. The van der Waals surface area contributed by atoms with E-state index in [0.717, 1.165) is 6.92 Å². The van der Waals surface area contributed by atoms with Crippen LogP contribution in [0.2, 0.25) is 0 Å². The van der Waals surface area contributed by atoms with Crippen molar-refractivity contribution >= 4 is 77.7 Å². The number of hydrogen-bond donors (Lipinski definition) is 17. The number of guanidine groups is 1. The third-order valence-electron chi connectivity index (χ3n) is 12.6. The number of phenols is 2. The van der Waals surface area contributed by atoms with Gasteiger partial charge in [0.05, 0.1) is 18.6 Å². The van der Waals surface area contributed by atoms with E-state index in [4.69, 9.17) is 22.9 Å². The van der Waals surface area contributed by atoms with Crippen molar-refractivity contribution in [2.24, 2.45) is 45.7 Å². The first-order valence-electron chi connectivity index (χ1n) is 26.1. The number of benzene rings is 2. The summed E-state index contributed by atoms with van der Waals surface area (Å²) in [6.07, 6.45) is -2.57. The molecule has 0 heterocycles. The van der Waals surface area contributed by atoms with E-state index >= 15 is 0 Å². The minimum Gasteiger partial charge on any atom is -0.508 e. The van der Waals surface area contributed by atoms with Crippen LogP contribution in [-0.2, 0) is 60.8 Å². The number of carbonyl (C=O) groups excluding carboxylic acids is 9. The molecule has 0 aliphatic rings. The molecule has 0 bridgehead atoms. The number of carbonyl (C=O) groups is 10. The lowest BCUT2D eigenvalue weighted by atomic mass is 9.97. The number of carboxylic acid groups (broad SMARTS) is 1. The molecule has 0 spiro atoms. The lowest BCUT2D eigenvalue weighted by molar-refractivity contribution is -0.142. The lowest BCUT2D eigenvalue weighted by Gasteiger charge is -2.30. The molecule has 2 aromatic rings. The molecule has 0 radical (unpaired) electrons. The van der Waals surface area contributed by atoms with Crippen LogP contribution in [0.4, 0.5) is 0 Å². The van der Waals surface area contributed by atoms with Gasteiger partial charge in [-0.3, -0.25) is 48.1 Å². The summed E-state index contributed by atoms with van der Waals surface area (Å²) < 4.78 is 0. The number of aliphatic imine (C=N–C) groups is 1. The topological polar surface area (TPSA) is 464 Å². The number of amides is 9. The van der Waals surface area contributed by atoms with Crippen molar-refractivity contribution in [2.75, 3.05) is 12.3 Å². The number of rotatable bonds is 34. The minimum absolute atomic E-state index is 0.000219. The van der Waals surface area contributed by atoms with Gasteiger partial charge in [0.2, 0.25) is 53.2 Å². The Morgan fingerprint density at radius 2 is 0.975 bits per heavy atom. The number of aliphatic hydroxyl groups is 1. The molecule has 9 amide bonds. The molecule has 0 aromatic heterocycles. The number of thiol groups is 1. The van der Waals surface area contributed by atoms with Crippen molar-refractivity contribution in [3.8, 4) is 11.5 Å². The fourth-order valence-corrected chi connectivity index (χ4v) is 8.01. The van der Waals surface area contributed by atoms with E-state index in [-0.39, 0.29) is 80.1 Å². The van der Waals surface area contributed by atoms with E-state index < -0.39 is 132 Å². The second-order valence-corrected chi connectivity index (χ2v) is 20.6. The number of nitrogens with two attached hydrogens (primary N) is 4. The number of carboxylic acids is 1. The molecule has 444 valence electrons. The Morgan fingerprint density at radius 1 is 0.562 bits per heavy atom. The molecule has 0 unspecified atom stereocenters. The highest BCUT2D eigenvalue weighted by atomic mass is 32.1. The van der Waals surface area contributed by atoms with Gasteiger partial charge in [0, 0.05) is 25.1 Å². The number of nitrogens with one attached hydrogen (secondary N) is 8. The Bertz CT molecular complexity index is 2460. The Morgan fingerprint density at radius 3 is 1.43 bits per heavy atom. The van der Waals surface area contributed by atoms with Crippen LogP contribution in [-0.4, -0.2) is 158 Å². The minimum atomic E-state index is -1.82. The molecule has 80 heavy (non-hydrogen) atoms.